The van der Waals surface area contributed by atoms with Gasteiger partial charge in [0.05, 0.1) is 10.7 Å². The molecular weight excluding hydrogens is 300 g/mol. The van der Waals surface area contributed by atoms with Crippen molar-refractivity contribution < 1.29 is 8.78 Å². The lowest BCUT2D eigenvalue weighted by molar-refractivity contribution is 0.572. The van der Waals surface area contributed by atoms with Gasteiger partial charge >= 0.3 is 0 Å². The van der Waals surface area contributed by atoms with Crippen molar-refractivity contribution in [2.45, 2.75) is 0 Å². The zero-order valence-corrected chi connectivity index (χ0v) is 11.2. The Morgan fingerprint density at radius 2 is 1.90 bits per heavy atom. The fourth-order valence-corrected chi connectivity index (χ4v) is 1.98. The monoisotopic (exact) mass is 307 g/mol. The van der Waals surface area contributed by atoms with Gasteiger partial charge in [0.15, 0.2) is 11.6 Å². The lowest BCUT2D eigenvalue weighted by Gasteiger charge is -2.07. The van der Waals surface area contributed by atoms with Gasteiger partial charge in [-0.3, -0.25) is 0 Å². The molecule has 0 radical (unpaired) electrons. The molecule has 0 fully saturated rings. The zero-order valence-electron chi connectivity index (χ0n) is 10.5. The van der Waals surface area contributed by atoms with E-state index in [0.717, 1.165) is 16.8 Å². The Hall–Kier alpha value is -2.54. The van der Waals surface area contributed by atoms with E-state index in [0.29, 0.717) is 16.3 Å². The van der Waals surface area contributed by atoms with Crippen molar-refractivity contribution in [1.82, 2.24) is 20.2 Å². The molecule has 0 saturated carbocycles. The minimum absolute atomic E-state index is 0.0323. The van der Waals surface area contributed by atoms with E-state index in [1.54, 1.807) is 18.2 Å². The summed E-state index contributed by atoms with van der Waals surface area (Å²) in [5.74, 6) is -1.18. The third-order valence-corrected chi connectivity index (χ3v) is 3.21. The average Bonchev–Trinajstić information content (AvgIpc) is 2.91. The summed E-state index contributed by atoms with van der Waals surface area (Å²) in [7, 11) is 0. The molecular formula is C13H8ClF2N5. The largest absolute Gasteiger partial charge is 0.398 e. The van der Waals surface area contributed by atoms with Crippen molar-refractivity contribution >= 4 is 17.3 Å². The molecule has 2 aromatic carbocycles. The van der Waals surface area contributed by atoms with E-state index in [9.17, 15) is 8.78 Å². The SMILES string of the molecule is Nc1cc(-c2nnnn2-c2ccc(F)cc2F)ccc1Cl. The molecule has 2 N–H and O–H groups in total. The predicted octanol–water partition coefficient (Wildman–Crippen LogP) is 2.84. The molecule has 0 spiro atoms. The summed E-state index contributed by atoms with van der Waals surface area (Å²) in [5.41, 5.74) is 6.68. The molecule has 21 heavy (non-hydrogen) atoms. The average molecular weight is 308 g/mol. The molecule has 0 amide bonds. The maximum absolute atomic E-state index is 13.9. The number of halogens is 3. The van der Waals surface area contributed by atoms with Crippen LogP contribution in [-0.4, -0.2) is 20.2 Å². The number of aromatic nitrogens is 4. The number of hydrogen-bond donors (Lipinski definition) is 1. The van der Waals surface area contributed by atoms with Crippen molar-refractivity contribution in [3.05, 3.63) is 53.1 Å². The van der Waals surface area contributed by atoms with Crippen LogP contribution in [0.3, 0.4) is 0 Å². The van der Waals surface area contributed by atoms with Gasteiger partial charge < -0.3 is 5.73 Å². The summed E-state index contributed by atoms with van der Waals surface area (Å²) in [6.45, 7) is 0. The summed E-state index contributed by atoms with van der Waals surface area (Å²) in [6, 6.07) is 7.96. The Morgan fingerprint density at radius 3 is 2.62 bits per heavy atom. The standard InChI is InChI=1S/C13H8ClF2N5/c14-9-3-1-7(5-11(9)17)13-18-19-20-21(13)12-4-2-8(15)6-10(12)16/h1-6H,17H2. The zero-order chi connectivity index (χ0) is 15.0. The second kappa shape index (κ2) is 5.10. The van der Waals surface area contributed by atoms with Crippen LogP contribution in [0.15, 0.2) is 36.4 Å². The Bertz CT molecular complexity index is 818. The van der Waals surface area contributed by atoms with Crippen molar-refractivity contribution in [3.8, 4) is 17.1 Å². The molecule has 106 valence electrons. The lowest BCUT2D eigenvalue weighted by Crippen LogP contribution is -2.03. The Balaban J connectivity index is 2.14. The van der Waals surface area contributed by atoms with Crippen molar-refractivity contribution in [2.24, 2.45) is 0 Å². The summed E-state index contributed by atoms with van der Waals surface area (Å²) in [5, 5.41) is 11.5. The molecule has 3 rings (SSSR count). The molecule has 0 aliphatic carbocycles. The van der Waals surface area contributed by atoms with E-state index in [2.05, 4.69) is 15.5 Å². The number of tetrazole rings is 1. The van der Waals surface area contributed by atoms with Crippen LogP contribution in [0.25, 0.3) is 17.1 Å². The van der Waals surface area contributed by atoms with E-state index in [-0.39, 0.29) is 11.5 Å². The number of benzene rings is 2. The minimum atomic E-state index is -0.773. The molecule has 0 saturated heterocycles. The fourth-order valence-electron chi connectivity index (χ4n) is 1.87. The van der Waals surface area contributed by atoms with Crippen LogP contribution in [0.4, 0.5) is 14.5 Å². The van der Waals surface area contributed by atoms with Gasteiger partial charge in [-0.1, -0.05) is 11.6 Å². The third-order valence-electron chi connectivity index (χ3n) is 2.86. The van der Waals surface area contributed by atoms with Gasteiger partial charge in [-0.15, -0.1) is 5.10 Å². The van der Waals surface area contributed by atoms with E-state index in [1.165, 1.54) is 6.07 Å². The second-order valence-corrected chi connectivity index (χ2v) is 4.65. The van der Waals surface area contributed by atoms with Crippen molar-refractivity contribution in [3.63, 3.8) is 0 Å². The molecule has 0 bridgehead atoms. The molecule has 0 aliphatic heterocycles. The molecule has 5 nitrogen and oxygen atoms in total. The Morgan fingerprint density at radius 1 is 1.10 bits per heavy atom. The number of nitrogen functional groups attached to an aromatic ring is 1. The van der Waals surface area contributed by atoms with Crippen LogP contribution >= 0.6 is 11.6 Å². The summed E-state index contributed by atoms with van der Waals surface area (Å²) >= 11 is 5.86. The van der Waals surface area contributed by atoms with E-state index in [1.807, 2.05) is 0 Å². The Labute approximate surface area is 123 Å². The maximum atomic E-state index is 13.9. The Kier molecular flexibility index (Phi) is 3.26. The molecule has 8 heteroatoms. The smallest absolute Gasteiger partial charge is 0.187 e. The van der Waals surface area contributed by atoms with Crippen LogP contribution in [0.5, 0.6) is 0 Å². The van der Waals surface area contributed by atoms with Crippen molar-refractivity contribution in [2.75, 3.05) is 5.73 Å². The minimum Gasteiger partial charge on any atom is -0.398 e. The van der Waals surface area contributed by atoms with E-state index in [4.69, 9.17) is 17.3 Å². The van der Waals surface area contributed by atoms with Gasteiger partial charge in [-0.2, -0.15) is 4.68 Å². The number of nitrogens with two attached hydrogens (primary N) is 1. The van der Waals surface area contributed by atoms with Crippen LogP contribution in [-0.2, 0) is 0 Å². The quantitative estimate of drug-likeness (QED) is 0.739. The van der Waals surface area contributed by atoms with E-state index >= 15 is 0 Å². The maximum Gasteiger partial charge on any atom is 0.187 e. The first-order chi connectivity index (χ1) is 10.1. The highest BCUT2D eigenvalue weighted by Crippen LogP contribution is 2.27. The van der Waals surface area contributed by atoms with Gasteiger partial charge in [-0.25, -0.2) is 8.78 Å². The number of nitrogens with zero attached hydrogens (tertiary/aromatic N) is 4. The fraction of sp³-hybridized carbons (Fsp3) is 0. The van der Waals surface area contributed by atoms with Crippen molar-refractivity contribution in [1.29, 1.82) is 0 Å². The number of hydrogen-bond acceptors (Lipinski definition) is 4. The first-order valence-corrected chi connectivity index (χ1v) is 6.23. The molecule has 1 aromatic heterocycles. The van der Waals surface area contributed by atoms with Crippen LogP contribution in [0, 0.1) is 11.6 Å². The molecule has 0 unspecified atom stereocenters. The normalized spacial score (nSPS) is 10.8. The highest BCUT2D eigenvalue weighted by Gasteiger charge is 2.15. The van der Waals surface area contributed by atoms with Crippen LogP contribution in [0.2, 0.25) is 5.02 Å². The van der Waals surface area contributed by atoms with Gasteiger partial charge in [0.2, 0.25) is 0 Å². The third kappa shape index (κ3) is 2.43. The van der Waals surface area contributed by atoms with Gasteiger partial charge in [-0.05, 0) is 40.8 Å². The highest BCUT2D eigenvalue weighted by atomic mass is 35.5. The highest BCUT2D eigenvalue weighted by molar-refractivity contribution is 6.33. The first-order valence-electron chi connectivity index (χ1n) is 5.85. The number of anilines is 1. The predicted molar refractivity (Wildman–Crippen MR) is 73.9 cm³/mol. The summed E-state index contributed by atoms with van der Waals surface area (Å²) in [6.07, 6.45) is 0. The van der Waals surface area contributed by atoms with Gasteiger partial charge in [0.1, 0.15) is 11.5 Å². The molecule has 0 aliphatic rings. The van der Waals surface area contributed by atoms with Crippen LogP contribution < -0.4 is 5.73 Å². The van der Waals surface area contributed by atoms with E-state index < -0.39 is 11.6 Å². The van der Waals surface area contributed by atoms with Gasteiger partial charge in [0, 0.05) is 11.6 Å². The molecule has 0 atom stereocenters. The molecule has 3 aromatic rings. The lowest BCUT2D eigenvalue weighted by atomic mass is 10.2. The molecule has 1 heterocycles. The van der Waals surface area contributed by atoms with Crippen LogP contribution in [0.1, 0.15) is 0 Å². The second-order valence-electron chi connectivity index (χ2n) is 4.25. The first kappa shape index (κ1) is 13.4. The number of rotatable bonds is 2. The van der Waals surface area contributed by atoms with Gasteiger partial charge in [0.25, 0.3) is 0 Å². The topological polar surface area (TPSA) is 69.6 Å². The summed E-state index contributed by atoms with van der Waals surface area (Å²) in [4.78, 5) is 0. The summed E-state index contributed by atoms with van der Waals surface area (Å²) < 4.78 is 28.0.